The molecule has 1 aromatic carbocycles. The smallest absolute Gasteiger partial charge is 0.247 e. The van der Waals surface area contributed by atoms with Crippen LogP contribution < -0.4 is 20.7 Å². The van der Waals surface area contributed by atoms with Crippen LogP contribution in [0.3, 0.4) is 0 Å². The summed E-state index contributed by atoms with van der Waals surface area (Å²) in [5, 5.41) is 10.2. The van der Waals surface area contributed by atoms with Crippen molar-refractivity contribution in [3.8, 4) is 5.75 Å². The number of amides is 2. The number of likely N-dealkylation sites (tertiary alicyclic amines) is 1. The predicted octanol–water partition coefficient (Wildman–Crippen LogP) is 5.39. The predicted molar refractivity (Wildman–Crippen MR) is 171 cm³/mol. The molecule has 0 bridgehead atoms. The van der Waals surface area contributed by atoms with E-state index < -0.39 is 0 Å². The molecule has 2 fully saturated rings. The number of hydrogen-bond donors (Lipinski definition) is 3. The van der Waals surface area contributed by atoms with Crippen LogP contribution in [0.5, 0.6) is 5.75 Å². The van der Waals surface area contributed by atoms with E-state index in [1.54, 1.807) is 12.4 Å². The van der Waals surface area contributed by atoms with Gasteiger partial charge in [0.25, 0.3) is 0 Å². The highest BCUT2D eigenvalue weighted by Crippen LogP contribution is 2.34. The number of nitrogens with one attached hydrogen (secondary N) is 3. The minimum atomic E-state index is -0.109. The lowest BCUT2D eigenvalue weighted by Gasteiger charge is -2.33. The molecule has 3 aliphatic rings. The molecule has 0 atom stereocenters. The first-order valence-corrected chi connectivity index (χ1v) is 15.9. The van der Waals surface area contributed by atoms with E-state index in [9.17, 15) is 9.59 Å². The molecule has 1 aliphatic carbocycles. The second kappa shape index (κ2) is 14.1. The molecule has 0 unspecified atom stereocenters. The molecule has 3 aromatic rings. The number of hydrogen-bond acceptors (Lipinski definition) is 8. The van der Waals surface area contributed by atoms with Gasteiger partial charge in [-0.25, -0.2) is 9.97 Å². The Morgan fingerprint density at radius 3 is 2.61 bits per heavy atom. The first kappa shape index (κ1) is 29.9. The SMILES string of the molecule is O=C(NCCc1ccncc1)C1=Cc2c(ncnc2Nc2ccc(OC3CCN(C(=O)C4CCCC4)CC3)c(Cl)c2)NCC1. The Bertz CT molecular complexity index is 1500. The summed E-state index contributed by atoms with van der Waals surface area (Å²) < 4.78 is 6.26. The van der Waals surface area contributed by atoms with E-state index >= 15 is 0 Å². The number of aromatic nitrogens is 3. The van der Waals surface area contributed by atoms with Gasteiger partial charge in [-0.05, 0) is 67.7 Å². The number of benzene rings is 1. The Hall–Kier alpha value is -4.18. The van der Waals surface area contributed by atoms with Crippen LogP contribution in [0.2, 0.25) is 5.02 Å². The van der Waals surface area contributed by atoms with Gasteiger partial charge in [-0.15, -0.1) is 0 Å². The Morgan fingerprint density at radius 2 is 1.84 bits per heavy atom. The van der Waals surface area contributed by atoms with E-state index in [1.807, 2.05) is 41.3 Å². The number of nitrogens with zero attached hydrogens (tertiary/aromatic N) is 4. The zero-order valence-electron chi connectivity index (χ0n) is 24.7. The van der Waals surface area contributed by atoms with Crippen LogP contribution in [0, 0.1) is 5.92 Å². The maximum Gasteiger partial charge on any atom is 0.247 e. The Kier molecular flexibility index (Phi) is 9.55. The van der Waals surface area contributed by atoms with Gasteiger partial charge in [0, 0.05) is 68.6 Å². The molecule has 1 saturated heterocycles. The lowest BCUT2D eigenvalue weighted by Crippen LogP contribution is -2.44. The standard InChI is InChI=1S/C33H38ClN7O3/c34-28-20-25(5-6-29(28)44-26-11-17-41(18-12-26)33(43)23-3-1-2-4-23)40-31-27-19-24(10-16-36-30(27)38-21-39-31)32(42)37-15-9-22-7-13-35-14-8-22/h5-8,13-14,19-21,23,26H,1-4,9-12,15-18H2,(H,37,42)(H2,36,38,39,40). The average molecular weight is 616 g/mol. The summed E-state index contributed by atoms with van der Waals surface area (Å²) in [4.78, 5) is 40.7. The molecule has 44 heavy (non-hydrogen) atoms. The molecular formula is C33H38ClN7O3. The summed E-state index contributed by atoms with van der Waals surface area (Å²) >= 11 is 6.66. The largest absolute Gasteiger partial charge is 0.489 e. The Balaban J connectivity index is 1.07. The molecule has 11 heteroatoms. The molecule has 2 aromatic heterocycles. The number of carbonyl (C=O) groups is 2. The van der Waals surface area contributed by atoms with Gasteiger partial charge in [-0.2, -0.15) is 0 Å². The van der Waals surface area contributed by atoms with E-state index in [2.05, 4.69) is 30.9 Å². The van der Waals surface area contributed by atoms with Crippen molar-refractivity contribution in [3.63, 3.8) is 0 Å². The van der Waals surface area contributed by atoms with Crippen molar-refractivity contribution in [2.75, 3.05) is 36.8 Å². The first-order chi connectivity index (χ1) is 21.5. The van der Waals surface area contributed by atoms with Gasteiger partial charge < -0.3 is 25.6 Å². The molecule has 2 amide bonds. The van der Waals surface area contributed by atoms with Crippen LogP contribution in [-0.4, -0.2) is 63.9 Å². The van der Waals surface area contributed by atoms with Gasteiger partial charge in [0.2, 0.25) is 11.8 Å². The maximum absolute atomic E-state index is 13.0. The number of fused-ring (bicyclic) bond motifs is 1. The van der Waals surface area contributed by atoms with Crippen LogP contribution in [0.15, 0.2) is 54.6 Å². The van der Waals surface area contributed by atoms with Gasteiger partial charge in [-0.1, -0.05) is 24.4 Å². The van der Waals surface area contributed by atoms with Crippen LogP contribution >= 0.6 is 11.6 Å². The second-order valence-electron chi connectivity index (χ2n) is 11.6. The first-order valence-electron chi connectivity index (χ1n) is 15.5. The lowest BCUT2D eigenvalue weighted by molar-refractivity contribution is -0.137. The van der Waals surface area contributed by atoms with Crippen LogP contribution in [0.1, 0.15) is 56.1 Å². The number of rotatable bonds is 9. The van der Waals surface area contributed by atoms with Crippen LogP contribution in [0.4, 0.5) is 17.3 Å². The fourth-order valence-corrected chi connectivity index (χ4v) is 6.34. The molecule has 1 saturated carbocycles. The van der Waals surface area contributed by atoms with Crippen LogP contribution in [-0.2, 0) is 16.0 Å². The van der Waals surface area contributed by atoms with Gasteiger partial charge in [0.1, 0.15) is 29.8 Å². The van der Waals surface area contributed by atoms with E-state index in [0.29, 0.717) is 59.0 Å². The summed E-state index contributed by atoms with van der Waals surface area (Å²) in [6.45, 7) is 2.56. The minimum absolute atomic E-state index is 0.0158. The Labute approximate surface area is 262 Å². The number of carbonyl (C=O) groups excluding carboxylic acids is 2. The van der Waals surface area contributed by atoms with Crippen molar-refractivity contribution >= 4 is 46.8 Å². The number of halogens is 1. The molecule has 6 rings (SSSR count). The molecule has 10 nitrogen and oxygen atoms in total. The van der Waals surface area contributed by atoms with E-state index in [1.165, 1.54) is 19.2 Å². The minimum Gasteiger partial charge on any atom is -0.489 e. The maximum atomic E-state index is 13.0. The highest BCUT2D eigenvalue weighted by Gasteiger charge is 2.30. The summed E-state index contributed by atoms with van der Waals surface area (Å²) in [6, 6.07) is 9.46. The molecule has 2 aliphatic heterocycles. The fraction of sp³-hybridized carbons (Fsp3) is 0.424. The van der Waals surface area contributed by atoms with Crippen molar-refractivity contribution in [1.29, 1.82) is 0 Å². The van der Waals surface area contributed by atoms with Gasteiger partial charge in [0.15, 0.2) is 0 Å². The third-order valence-corrected chi connectivity index (χ3v) is 8.87. The average Bonchev–Trinajstić information content (AvgIpc) is 3.49. The monoisotopic (exact) mass is 615 g/mol. The van der Waals surface area contributed by atoms with Crippen LogP contribution in [0.25, 0.3) is 6.08 Å². The molecule has 0 radical (unpaired) electrons. The van der Waals surface area contributed by atoms with Gasteiger partial charge in [0.05, 0.1) is 10.6 Å². The number of piperidine rings is 1. The highest BCUT2D eigenvalue weighted by molar-refractivity contribution is 6.32. The third kappa shape index (κ3) is 7.30. The number of anilines is 3. The topological polar surface area (TPSA) is 121 Å². The molecule has 230 valence electrons. The van der Waals surface area contributed by atoms with Crippen molar-refractivity contribution in [2.45, 2.75) is 57.5 Å². The second-order valence-corrected chi connectivity index (χ2v) is 12.0. The summed E-state index contributed by atoms with van der Waals surface area (Å²) in [5.41, 5.74) is 3.22. The zero-order valence-corrected chi connectivity index (χ0v) is 25.5. The highest BCUT2D eigenvalue weighted by atomic mass is 35.5. The van der Waals surface area contributed by atoms with Crippen molar-refractivity contribution in [1.82, 2.24) is 25.2 Å². The van der Waals surface area contributed by atoms with E-state index in [-0.39, 0.29) is 17.9 Å². The molecule has 0 spiro atoms. The third-order valence-electron chi connectivity index (χ3n) is 8.58. The lowest BCUT2D eigenvalue weighted by atomic mass is 10.0. The quantitative estimate of drug-likeness (QED) is 0.293. The van der Waals surface area contributed by atoms with Crippen molar-refractivity contribution < 1.29 is 14.3 Å². The molecule has 4 heterocycles. The van der Waals surface area contributed by atoms with E-state index in [0.717, 1.165) is 56.4 Å². The fourth-order valence-electron chi connectivity index (χ4n) is 6.11. The van der Waals surface area contributed by atoms with Gasteiger partial charge >= 0.3 is 0 Å². The number of ether oxygens (including phenoxy) is 1. The normalized spacial score (nSPS) is 17.2. The number of pyridine rings is 1. The Morgan fingerprint density at radius 1 is 1.05 bits per heavy atom. The van der Waals surface area contributed by atoms with Crippen molar-refractivity contribution in [2.24, 2.45) is 5.92 Å². The summed E-state index contributed by atoms with van der Waals surface area (Å²) in [5.74, 6) is 2.26. The zero-order chi connectivity index (χ0) is 30.3. The summed E-state index contributed by atoms with van der Waals surface area (Å²) in [6.07, 6.45) is 14.1. The van der Waals surface area contributed by atoms with E-state index in [4.69, 9.17) is 16.3 Å². The van der Waals surface area contributed by atoms with Gasteiger partial charge in [-0.3, -0.25) is 14.6 Å². The molecular weight excluding hydrogens is 578 g/mol. The molecule has 3 N–H and O–H groups in total. The van der Waals surface area contributed by atoms with Crippen molar-refractivity contribution in [3.05, 3.63) is 70.8 Å². The summed E-state index contributed by atoms with van der Waals surface area (Å²) in [7, 11) is 0.